The summed E-state index contributed by atoms with van der Waals surface area (Å²) in [5.41, 5.74) is 0. The molecule has 0 N–H and O–H groups in total. The van der Waals surface area contributed by atoms with Crippen LogP contribution in [-0.4, -0.2) is 11.7 Å². The number of carbonyl (C=O) groups excluding carboxylic acids is 1. The van der Waals surface area contributed by atoms with E-state index in [1.807, 2.05) is 0 Å². The first kappa shape index (κ1) is 10.6. The molecule has 0 aromatic carbocycles. The van der Waals surface area contributed by atoms with Gasteiger partial charge < -0.3 is 0 Å². The number of halogens is 2. The van der Waals surface area contributed by atoms with Crippen LogP contribution in [0.2, 0.25) is 0 Å². The molecule has 1 nitrogen and oxygen atoms in total. The van der Waals surface area contributed by atoms with Crippen LogP contribution in [0.5, 0.6) is 0 Å². The van der Waals surface area contributed by atoms with E-state index in [9.17, 15) is 13.6 Å². The number of hydrogen-bond donors (Lipinski definition) is 0. The van der Waals surface area contributed by atoms with Crippen molar-refractivity contribution in [1.82, 2.24) is 0 Å². The number of alkyl halides is 2. The predicted molar refractivity (Wildman–Crippen MR) is 46.8 cm³/mol. The molecule has 0 amide bonds. The van der Waals surface area contributed by atoms with Gasteiger partial charge in [-0.3, -0.25) is 4.79 Å². The van der Waals surface area contributed by atoms with Crippen LogP contribution in [0, 0.1) is 11.8 Å². The fourth-order valence-electron chi connectivity index (χ4n) is 2.01. The van der Waals surface area contributed by atoms with Gasteiger partial charge >= 0.3 is 0 Å². The molecule has 1 aliphatic carbocycles. The number of ketones is 1. The molecule has 0 saturated heterocycles. The highest BCUT2D eigenvalue weighted by atomic mass is 19.3. The third kappa shape index (κ3) is 2.75. The molecule has 0 aromatic rings. The number of Topliss-reactive ketones (excluding diaryl/α,β-unsaturated/α-hetero) is 1. The number of hydrogen-bond acceptors (Lipinski definition) is 1. The lowest BCUT2D eigenvalue weighted by atomic mass is 9.78. The largest absolute Gasteiger partial charge is 0.300 e. The molecule has 0 bridgehead atoms. The Kier molecular flexibility index (Phi) is 3.04. The zero-order chi connectivity index (χ0) is 10.1. The minimum Gasteiger partial charge on any atom is -0.300 e. The van der Waals surface area contributed by atoms with Crippen LogP contribution in [0.1, 0.15) is 39.5 Å². The van der Waals surface area contributed by atoms with Crippen molar-refractivity contribution in [3.05, 3.63) is 0 Å². The summed E-state index contributed by atoms with van der Waals surface area (Å²) in [6.07, 6.45) is 2.27. The number of rotatable bonds is 2. The maximum absolute atomic E-state index is 12.9. The predicted octanol–water partition coefficient (Wildman–Crippen LogP) is 3.04. The van der Waals surface area contributed by atoms with Crippen LogP contribution in [0.4, 0.5) is 8.78 Å². The maximum Gasteiger partial charge on any atom is 0.248 e. The molecule has 1 rings (SSSR count). The normalized spacial score (nSPS) is 30.2. The molecule has 1 saturated carbocycles. The van der Waals surface area contributed by atoms with Gasteiger partial charge in [0.1, 0.15) is 5.78 Å². The van der Waals surface area contributed by atoms with E-state index in [2.05, 4.69) is 0 Å². The van der Waals surface area contributed by atoms with Crippen molar-refractivity contribution in [3.8, 4) is 0 Å². The molecule has 76 valence electrons. The summed E-state index contributed by atoms with van der Waals surface area (Å²) in [4.78, 5) is 11.0. The van der Waals surface area contributed by atoms with Gasteiger partial charge in [0.15, 0.2) is 0 Å². The first-order chi connectivity index (χ1) is 5.91. The molecule has 13 heavy (non-hydrogen) atoms. The SMILES string of the molecule is CC(=O)C1CCC(C(C)(F)F)CC1. The van der Waals surface area contributed by atoms with E-state index >= 15 is 0 Å². The van der Waals surface area contributed by atoms with Crippen molar-refractivity contribution >= 4 is 5.78 Å². The lowest BCUT2D eigenvalue weighted by Gasteiger charge is -2.30. The van der Waals surface area contributed by atoms with Gasteiger partial charge in [-0.15, -0.1) is 0 Å². The maximum atomic E-state index is 12.9. The minimum atomic E-state index is -2.57. The Labute approximate surface area is 77.5 Å². The lowest BCUT2D eigenvalue weighted by Crippen LogP contribution is -2.30. The molecule has 1 fully saturated rings. The zero-order valence-electron chi connectivity index (χ0n) is 8.15. The Balaban J connectivity index is 2.44. The summed E-state index contributed by atoms with van der Waals surface area (Å²) in [7, 11) is 0. The first-order valence-corrected chi connectivity index (χ1v) is 4.79. The number of carbonyl (C=O) groups is 1. The van der Waals surface area contributed by atoms with E-state index in [1.165, 1.54) is 0 Å². The van der Waals surface area contributed by atoms with Gasteiger partial charge in [0.2, 0.25) is 5.92 Å². The Morgan fingerprint density at radius 2 is 1.69 bits per heavy atom. The van der Waals surface area contributed by atoms with Crippen LogP contribution >= 0.6 is 0 Å². The molecule has 1 aliphatic rings. The second kappa shape index (κ2) is 3.72. The topological polar surface area (TPSA) is 17.1 Å². The molecule has 0 atom stereocenters. The highest BCUT2D eigenvalue weighted by Gasteiger charge is 2.37. The van der Waals surface area contributed by atoms with Crippen LogP contribution in [0.25, 0.3) is 0 Å². The highest BCUT2D eigenvalue weighted by molar-refractivity contribution is 5.78. The summed E-state index contributed by atoms with van der Waals surface area (Å²) in [5.74, 6) is -2.89. The first-order valence-electron chi connectivity index (χ1n) is 4.79. The smallest absolute Gasteiger partial charge is 0.248 e. The van der Waals surface area contributed by atoms with Crippen molar-refractivity contribution in [2.24, 2.45) is 11.8 Å². The molecule has 0 aromatic heterocycles. The van der Waals surface area contributed by atoms with Gasteiger partial charge in [-0.05, 0) is 39.5 Å². The second-order valence-corrected chi connectivity index (χ2v) is 4.12. The van der Waals surface area contributed by atoms with Gasteiger partial charge in [-0.1, -0.05) is 0 Å². The molecule has 0 unspecified atom stereocenters. The average Bonchev–Trinajstić information content (AvgIpc) is 2.03. The molecule has 0 heterocycles. The van der Waals surface area contributed by atoms with Crippen molar-refractivity contribution < 1.29 is 13.6 Å². The van der Waals surface area contributed by atoms with Gasteiger partial charge in [0.05, 0.1) is 0 Å². The summed E-state index contributed by atoms with van der Waals surface area (Å²) < 4.78 is 25.7. The molecule has 0 spiro atoms. The molecular weight excluding hydrogens is 174 g/mol. The highest BCUT2D eigenvalue weighted by Crippen LogP contribution is 2.38. The van der Waals surface area contributed by atoms with Crippen LogP contribution in [-0.2, 0) is 4.79 Å². The van der Waals surface area contributed by atoms with E-state index in [0.717, 1.165) is 6.92 Å². The molecule has 0 aliphatic heterocycles. The lowest BCUT2D eigenvalue weighted by molar-refractivity contribution is -0.123. The summed E-state index contributed by atoms with van der Waals surface area (Å²) in [6, 6.07) is 0. The molecule has 0 radical (unpaired) electrons. The standard InChI is InChI=1S/C10H16F2O/c1-7(13)8-3-5-9(6-4-8)10(2,11)12/h8-9H,3-6H2,1-2H3. The fraction of sp³-hybridized carbons (Fsp3) is 0.900. The Hall–Kier alpha value is -0.470. The van der Waals surface area contributed by atoms with E-state index in [0.29, 0.717) is 25.7 Å². The van der Waals surface area contributed by atoms with Gasteiger partial charge in [-0.25, -0.2) is 8.78 Å². The Bertz CT molecular complexity index is 188. The second-order valence-electron chi connectivity index (χ2n) is 4.12. The third-order valence-electron chi connectivity index (χ3n) is 3.02. The van der Waals surface area contributed by atoms with Gasteiger partial charge in [0, 0.05) is 11.8 Å². The van der Waals surface area contributed by atoms with Crippen LogP contribution in [0.15, 0.2) is 0 Å². The van der Waals surface area contributed by atoms with E-state index in [4.69, 9.17) is 0 Å². The summed E-state index contributed by atoms with van der Waals surface area (Å²) in [5, 5.41) is 0. The fourth-order valence-corrected chi connectivity index (χ4v) is 2.01. The van der Waals surface area contributed by atoms with Gasteiger partial charge in [0.25, 0.3) is 0 Å². The van der Waals surface area contributed by atoms with E-state index in [-0.39, 0.29) is 11.7 Å². The third-order valence-corrected chi connectivity index (χ3v) is 3.02. The molecular formula is C10H16F2O. The summed E-state index contributed by atoms with van der Waals surface area (Å²) in [6.45, 7) is 2.53. The monoisotopic (exact) mass is 190 g/mol. The van der Waals surface area contributed by atoms with Crippen molar-refractivity contribution in [2.75, 3.05) is 0 Å². The zero-order valence-corrected chi connectivity index (χ0v) is 8.15. The summed E-state index contributed by atoms with van der Waals surface area (Å²) >= 11 is 0. The van der Waals surface area contributed by atoms with Crippen molar-refractivity contribution in [2.45, 2.75) is 45.5 Å². The van der Waals surface area contributed by atoms with Gasteiger partial charge in [-0.2, -0.15) is 0 Å². The van der Waals surface area contributed by atoms with Crippen molar-refractivity contribution in [1.29, 1.82) is 0 Å². The van der Waals surface area contributed by atoms with Crippen molar-refractivity contribution in [3.63, 3.8) is 0 Å². The minimum absolute atomic E-state index is 0.0404. The molecule has 3 heteroatoms. The van der Waals surface area contributed by atoms with Crippen LogP contribution < -0.4 is 0 Å². The van der Waals surface area contributed by atoms with E-state index < -0.39 is 11.8 Å². The van der Waals surface area contributed by atoms with Crippen LogP contribution in [0.3, 0.4) is 0 Å². The van der Waals surface area contributed by atoms with E-state index in [1.54, 1.807) is 6.92 Å². The Morgan fingerprint density at radius 1 is 1.23 bits per heavy atom. The Morgan fingerprint density at radius 3 is 2.00 bits per heavy atom. The quantitative estimate of drug-likeness (QED) is 0.654. The average molecular weight is 190 g/mol.